The standard InChI is InChI=1S/C20H22FN3O6S/c1-2-30-20(27)24-10-8-23(9-11-24)18-7-6-15(13-17(18)19(25)26)22-31(28,29)16-5-3-4-14(21)12-16/h3-7,12-13,22H,2,8-11H2,1H3,(H,25,26). The van der Waals surface area contributed by atoms with E-state index in [9.17, 15) is 27.5 Å². The predicted octanol–water partition coefficient (Wildman–Crippen LogP) is 2.60. The smallest absolute Gasteiger partial charge is 0.409 e. The van der Waals surface area contributed by atoms with Crippen LogP contribution >= 0.6 is 0 Å². The first-order valence-electron chi connectivity index (χ1n) is 9.53. The van der Waals surface area contributed by atoms with Gasteiger partial charge in [0, 0.05) is 31.9 Å². The first kappa shape index (κ1) is 22.3. The van der Waals surface area contributed by atoms with Crippen molar-refractivity contribution in [1.29, 1.82) is 0 Å². The first-order valence-corrected chi connectivity index (χ1v) is 11.0. The van der Waals surface area contributed by atoms with Crippen LogP contribution in [0.15, 0.2) is 47.4 Å². The number of hydrogen-bond acceptors (Lipinski definition) is 6. The highest BCUT2D eigenvalue weighted by Crippen LogP contribution is 2.27. The number of carboxylic acids is 1. The van der Waals surface area contributed by atoms with Gasteiger partial charge in [-0.3, -0.25) is 4.72 Å². The van der Waals surface area contributed by atoms with Crippen LogP contribution in [0.25, 0.3) is 0 Å². The van der Waals surface area contributed by atoms with Gasteiger partial charge in [0.1, 0.15) is 5.82 Å². The predicted molar refractivity (Wildman–Crippen MR) is 111 cm³/mol. The van der Waals surface area contributed by atoms with Crippen molar-refractivity contribution in [2.45, 2.75) is 11.8 Å². The maximum Gasteiger partial charge on any atom is 0.409 e. The molecular weight excluding hydrogens is 429 g/mol. The molecule has 1 fully saturated rings. The van der Waals surface area contributed by atoms with E-state index in [0.717, 1.165) is 12.1 Å². The number of ether oxygens (including phenoxy) is 1. The molecule has 166 valence electrons. The lowest BCUT2D eigenvalue weighted by Crippen LogP contribution is -2.49. The molecule has 1 saturated heterocycles. The van der Waals surface area contributed by atoms with Crippen molar-refractivity contribution >= 4 is 33.5 Å². The van der Waals surface area contributed by atoms with Crippen molar-refractivity contribution in [2.75, 3.05) is 42.4 Å². The average Bonchev–Trinajstić information content (AvgIpc) is 2.74. The molecule has 1 amide bonds. The Balaban J connectivity index is 1.79. The molecule has 1 aliphatic rings. The molecule has 2 aromatic rings. The molecule has 0 radical (unpaired) electrons. The van der Waals surface area contributed by atoms with E-state index >= 15 is 0 Å². The number of benzene rings is 2. The second-order valence-electron chi connectivity index (χ2n) is 6.77. The minimum atomic E-state index is -4.09. The summed E-state index contributed by atoms with van der Waals surface area (Å²) in [7, 11) is -4.09. The Hall–Kier alpha value is -3.34. The number of hydrogen-bond donors (Lipinski definition) is 2. The van der Waals surface area contributed by atoms with Crippen LogP contribution in [0.1, 0.15) is 17.3 Å². The Morgan fingerprint density at radius 2 is 1.84 bits per heavy atom. The zero-order valence-corrected chi connectivity index (χ0v) is 17.6. The molecule has 1 aliphatic heterocycles. The van der Waals surface area contributed by atoms with Gasteiger partial charge >= 0.3 is 12.1 Å². The fraction of sp³-hybridized carbons (Fsp3) is 0.300. The molecule has 0 aliphatic carbocycles. The number of halogens is 1. The number of nitrogens with zero attached hydrogens (tertiary/aromatic N) is 2. The summed E-state index contributed by atoms with van der Waals surface area (Å²) in [5.41, 5.74) is 0.351. The topological polar surface area (TPSA) is 116 Å². The summed E-state index contributed by atoms with van der Waals surface area (Å²) in [5.74, 6) is -1.93. The second-order valence-corrected chi connectivity index (χ2v) is 8.46. The van der Waals surface area contributed by atoms with Crippen molar-refractivity contribution in [3.05, 3.63) is 53.8 Å². The quantitative estimate of drug-likeness (QED) is 0.693. The number of rotatable bonds is 6. The van der Waals surface area contributed by atoms with Gasteiger partial charge in [0.25, 0.3) is 10.0 Å². The number of aromatic carboxylic acids is 1. The molecule has 0 atom stereocenters. The Morgan fingerprint density at radius 3 is 2.45 bits per heavy atom. The molecular formula is C20H22FN3O6S. The Labute approximate surface area is 179 Å². The fourth-order valence-electron chi connectivity index (χ4n) is 3.24. The highest BCUT2D eigenvalue weighted by molar-refractivity contribution is 7.92. The molecule has 1 heterocycles. The van der Waals surface area contributed by atoms with Crippen molar-refractivity contribution in [3.8, 4) is 0 Å². The van der Waals surface area contributed by atoms with E-state index in [1.165, 1.54) is 30.3 Å². The van der Waals surface area contributed by atoms with Crippen LogP contribution in [0.3, 0.4) is 0 Å². The molecule has 0 unspecified atom stereocenters. The first-order chi connectivity index (χ1) is 14.7. The van der Waals surface area contributed by atoms with Gasteiger partial charge in [0.15, 0.2) is 0 Å². The third-order valence-electron chi connectivity index (χ3n) is 4.73. The number of carboxylic acid groups (broad SMARTS) is 1. The Morgan fingerprint density at radius 1 is 1.13 bits per heavy atom. The van der Waals surface area contributed by atoms with E-state index in [4.69, 9.17) is 4.74 Å². The third-order valence-corrected chi connectivity index (χ3v) is 6.11. The molecule has 11 heteroatoms. The Bertz CT molecular complexity index is 1080. The molecule has 0 saturated carbocycles. The number of carbonyl (C=O) groups excluding carboxylic acids is 1. The van der Waals surface area contributed by atoms with Crippen LogP contribution in [-0.4, -0.2) is 63.3 Å². The highest BCUT2D eigenvalue weighted by atomic mass is 32.2. The third kappa shape index (κ3) is 5.23. The number of piperazine rings is 1. The minimum Gasteiger partial charge on any atom is -0.478 e. The molecule has 0 spiro atoms. The SMILES string of the molecule is CCOC(=O)N1CCN(c2ccc(NS(=O)(=O)c3cccc(F)c3)cc2C(=O)O)CC1. The summed E-state index contributed by atoms with van der Waals surface area (Å²) in [6.07, 6.45) is -0.414. The number of nitrogens with one attached hydrogen (secondary N) is 1. The largest absolute Gasteiger partial charge is 0.478 e. The minimum absolute atomic E-state index is 0.0376. The van der Waals surface area contributed by atoms with Crippen LogP contribution in [0.5, 0.6) is 0 Å². The molecule has 3 rings (SSSR count). The normalized spacial score (nSPS) is 14.3. The van der Waals surface area contributed by atoms with Gasteiger partial charge in [-0.1, -0.05) is 6.07 Å². The van der Waals surface area contributed by atoms with Crippen molar-refractivity contribution in [1.82, 2.24) is 4.90 Å². The lowest BCUT2D eigenvalue weighted by Gasteiger charge is -2.36. The van der Waals surface area contributed by atoms with Crippen LogP contribution in [0.2, 0.25) is 0 Å². The van der Waals surface area contributed by atoms with Crippen molar-refractivity contribution in [3.63, 3.8) is 0 Å². The van der Waals surface area contributed by atoms with Gasteiger partial charge in [-0.15, -0.1) is 0 Å². The fourth-order valence-corrected chi connectivity index (χ4v) is 4.32. The second kappa shape index (κ2) is 9.21. The lowest BCUT2D eigenvalue weighted by molar-refractivity contribution is 0.0696. The number of carbonyl (C=O) groups is 2. The van der Waals surface area contributed by atoms with Crippen LogP contribution in [-0.2, 0) is 14.8 Å². The molecule has 9 nitrogen and oxygen atoms in total. The van der Waals surface area contributed by atoms with Gasteiger partial charge in [-0.25, -0.2) is 22.4 Å². The zero-order valence-electron chi connectivity index (χ0n) is 16.7. The summed E-state index contributed by atoms with van der Waals surface area (Å²) in [6, 6.07) is 8.66. The van der Waals surface area contributed by atoms with E-state index in [1.807, 2.05) is 4.90 Å². The van der Waals surface area contributed by atoms with E-state index < -0.39 is 27.9 Å². The van der Waals surface area contributed by atoms with Gasteiger partial charge < -0.3 is 19.6 Å². The highest BCUT2D eigenvalue weighted by Gasteiger charge is 2.25. The van der Waals surface area contributed by atoms with Crippen LogP contribution in [0.4, 0.5) is 20.6 Å². The summed E-state index contributed by atoms with van der Waals surface area (Å²) >= 11 is 0. The van der Waals surface area contributed by atoms with Crippen molar-refractivity contribution < 1.29 is 32.2 Å². The average molecular weight is 451 g/mol. The van der Waals surface area contributed by atoms with Crippen LogP contribution in [0, 0.1) is 5.82 Å². The molecule has 0 bridgehead atoms. The number of amides is 1. The monoisotopic (exact) mass is 451 g/mol. The zero-order chi connectivity index (χ0) is 22.6. The van der Waals surface area contributed by atoms with E-state index in [0.29, 0.717) is 31.9 Å². The summed E-state index contributed by atoms with van der Waals surface area (Å²) in [4.78, 5) is 26.7. The van der Waals surface area contributed by atoms with E-state index in [2.05, 4.69) is 4.72 Å². The Kier molecular flexibility index (Phi) is 6.64. The molecule has 2 aromatic carbocycles. The van der Waals surface area contributed by atoms with Gasteiger partial charge in [0.2, 0.25) is 0 Å². The lowest BCUT2D eigenvalue weighted by atomic mass is 10.1. The maximum atomic E-state index is 13.4. The molecule has 31 heavy (non-hydrogen) atoms. The van der Waals surface area contributed by atoms with E-state index in [1.54, 1.807) is 11.8 Å². The molecule has 2 N–H and O–H groups in total. The summed E-state index contributed by atoms with van der Waals surface area (Å²) in [5, 5.41) is 9.64. The van der Waals surface area contributed by atoms with Crippen LogP contribution < -0.4 is 9.62 Å². The maximum absolute atomic E-state index is 13.4. The number of sulfonamides is 1. The number of anilines is 2. The molecule has 0 aromatic heterocycles. The summed E-state index contributed by atoms with van der Waals surface area (Å²) < 4.78 is 45.6. The van der Waals surface area contributed by atoms with Gasteiger partial charge in [-0.2, -0.15) is 0 Å². The van der Waals surface area contributed by atoms with Gasteiger partial charge in [0.05, 0.1) is 22.8 Å². The van der Waals surface area contributed by atoms with E-state index in [-0.39, 0.29) is 22.8 Å². The van der Waals surface area contributed by atoms with Crippen molar-refractivity contribution in [2.24, 2.45) is 0 Å². The van der Waals surface area contributed by atoms with Gasteiger partial charge in [-0.05, 0) is 43.3 Å². The summed E-state index contributed by atoms with van der Waals surface area (Å²) in [6.45, 7) is 3.52.